The molecule has 15 heteroatoms. The fraction of sp³-hybridized carbons (Fsp3) is 0.500. The lowest BCUT2D eigenvalue weighted by molar-refractivity contribution is -0.138. The first kappa shape index (κ1) is 25.5. The molecule has 0 saturated heterocycles. The quantitative estimate of drug-likeness (QED) is 0.137. The second-order valence-corrected chi connectivity index (χ2v) is 4.81. The van der Waals surface area contributed by atoms with Crippen molar-refractivity contribution in [3.8, 4) is 0 Å². The highest BCUT2D eigenvalue weighted by Gasteiger charge is 2.03. The molecule has 0 aromatic carbocycles. The van der Waals surface area contributed by atoms with E-state index in [1.54, 1.807) is 0 Å². The highest BCUT2D eigenvalue weighted by atomic mass is 31.2. The van der Waals surface area contributed by atoms with Gasteiger partial charge in [0.1, 0.15) is 13.1 Å². The number of nitrogens with zero attached hydrogens (tertiary/aromatic N) is 2. The van der Waals surface area contributed by atoms with Gasteiger partial charge in [0.05, 0.1) is 0 Å². The molecule has 11 N–H and O–H groups in total. The largest absolute Gasteiger partial charge is 0.480 e. The Morgan fingerprint density at radius 1 is 0.913 bits per heavy atom. The van der Waals surface area contributed by atoms with Crippen molar-refractivity contribution in [2.45, 2.75) is 0 Å². The summed E-state index contributed by atoms with van der Waals surface area (Å²) in [4.78, 5) is 43.7. The standard InChI is InChI=1S/2C4H9N3O2.H3O4P/c2*1-7(4(5)6)2-3(8)9;1-5(2,3)4/h2*2H2,1H3,(H3,5,6)(H,8,9);(H3,1,2,3,4). The summed E-state index contributed by atoms with van der Waals surface area (Å²) >= 11 is 0. The van der Waals surface area contributed by atoms with Crippen LogP contribution in [-0.4, -0.2) is 85.7 Å². The van der Waals surface area contributed by atoms with Crippen molar-refractivity contribution in [3.63, 3.8) is 0 Å². The van der Waals surface area contributed by atoms with E-state index in [2.05, 4.69) is 0 Å². The molecule has 0 spiro atoms. The van der Waals surface area contributed by atoms with E-state index in [1.807, 2.05) is 0 Å². The number of aliphatic carboxylic acids is 2. The molecule has 0 aromatic rings. The fourth-order valence-electron chi connectivity index (χ4n) is 0.576. The molecule has 136 valence electrons. The van der Waals surface area contributed by atoms with Crippen molar-refractivity contribution in [3.05, 3.63) is 0 Å². The molecule has 0 bridgehead atoms. The van der Waals surface area contributed by atoms with Crippen molar-refractivity contribution in [2.24, 2.45) is 11.5 Å². The summed E-state index contributed by atoms with van der Waals surface area (Å²) in [6.07, 6.45) is 0. The lowest BCUT2D eigenvalue weighted by Gasteiger charge is -2.12. The van der Waals surface area contributed by atoms with E-state index >= 15 is 0 Å². The highest BCUT2D eigenvalue weighted by Crippen LogP contribution is 2.25. The molecule has 0 amide bonds. The summed E-state index contributed by atoms with van der Waals surface area (Å²) in [6.45, 7) is -0.454. The second-order valence-electron chi connectivity index (χ2n) is 3.78. The van der Waals surface area contributed by atoms with Gasteiger partial charge in [-0.2, -0.15) is 0 Å². The van der Waals surface area contributed by atoms with Crippen LogP contribution in [0.5, 0.6) is 0 Å². The Bertz CT molecular complexity index is 425. The van der Waals surface area contributed by atoms with Crippen molar-refractivity contribution in [2.75, 3.05) is 27.2 Å². The minimum atomic E-state index is -4.64. The highest BCUT2D eigenvalue weighted by molar-refractivity contribution is 7.45. The minimum absolute atomic E-state index is 0.227. The Labute approximate surface area is 131 Å². The van der Waals surface area contributed by atoms with Gasteiger partial charge in [0.15, 0.2) is 11.9 Å². The van der Waals surface area contributed by atoms with Crippen LogP contribution in [0.4, 0.5) is 0 Å². The first-order chi connectivity index (χ1) is 10.1. The number of phosphoric acid groups is 1. The number of nitrogens with two attached hydrogens (primary N) is 2. The maximum atomic E-state index is 9.92. The molecule has 0 saturated carbocycles. The normalized spacial score (nSPS) is 9.26. The zero-order valence-electron chi connectivity index (χ0n) is 12.4. The fourth-order valence-corrected chi connectivity index (χ4v) is 0.576. The third-order valence-corrected chi connectivity index (χ3v) is 1.57. The maximum Gasteiger partial charge on any atom is 0.466 e. The van der Waals surface area contributed by atoms with Crippen LogP contribution >= 0.6 is 7.82 Å². The number of hydrogen-bond acceptors (Lipinski definition) is 5. The van der Waals surface area contributed by atoms with E-state index in [9.17, 15) is 9.59 Å². The van der Waals surface area contributed by atoms with Crippen LogP contribution in [0.3, 0.4) is 0 Å². The number of carboxylic acids is 2. The molecule has 0 fully saturated rings. The zero-order valence-corrected chi connectivity index (χ0v) is 13.3. The lowest BCUT2D eigenvalue weighted by Crippen LogP contribution is -2.36. The molecule has 0 heterocycles. The summed E-state index contributed by atoms with van der Waals surface area (Å²) in [5, 5.41) is 29.7. The summed E-state index contributed by atoms with van der Waals surface area (Å²) in [7, 11) is -1.76. The predicted molar refractivity (Wildman–Crippen MR) is 78.6 cm³/mol. The van der Waals surface area contributed by atoms with E-state index in [0.29, 0.717) is 0 Å². The second kappa shape index (κ2) is 12.2. The van der Waals surface area contributed by atoms with Crippen molar-refractivity contribution < 1.29 is 39.0 Å². The summed E-state index contributed by atoms with van der Waals surface area (Å²) < 4.78 is 8.88. The number of hydrogen-bond donors (Lipinski definition) is 9. The number of rotatable bonds is 4. The average Bonchev–Trinajstić information content (AvgIpc) is 2.25. The number of likely N-dealkylation sites (N-methyl/N-ethyl adjacent to an activating group) is 2. The van der Waals surface area contributed by atoms with Gasteiger partial charge < -0.3 is 46.2 Å². The van der Waals surface area contributed by atoms with Crippen LogP contribution in [0, 0.1) is 10.8 Å². The minimum Gasteiger partial charge on any atom is -0.480 e. The molecule has 14 nitrogen and oxygen atoms in total. The van der Waals surface area contributed by atoms with E-state index < -0.39 is 19.8 Å². The van der Waals surface area contributed by atoms with Gasteiger partial charge >= 0.3 is 19.8 Å². The third kappa shape index (κ3) is 32.8. The summed E-state index contributed by atoms with van der Waals surface area (Å²) in [6, 6.07) is 0. The van der Waals surface area contributed by atoms with Crippen molar-refractivity contribution in [1.29, 1.82) is 10.8 Å². The molecule has 23 heavy (non-hydrogen) atoms. The lowest BCUT2D eigenvalue weighted by atomic mass is 10.6. The van der Waals surface area contributed by atoms with Gasteiger partial charge in [-0.25, -0.2) is 4.57 Å². The molecular weight excluding hydrogens is 339 g/mol. The topological polar surface area (TPSA) is 259 Å². The van der Waals surface area contributed by atoms with Crippen LogP contribution in [0.25, 0.3) is 0 Å². The number of carboxylic acid groups (broad SMARTS) is 2. The SMILES string of the molecule is CN(CC(=O)O)C(=N)N.CN(CC(=O)O)C(=N)N.O=P(O)(O)O. The Morgan fingerprint density at radius 3 is 1.13 bits per heavy atom. The van der Waals surface area contributed by atoms with E-state index in [0.717, 1.165) is 9.80 Å². The molecule has 0 aliphatic heterocycles. The third-order valence-electron chi connectivity index (χ3n) is 1.57. The summed E-state index contributed by atoms with van der Waals surface area (Å²) in [5.41, 5.74) is 9.86. The Morgan fingerprint density at radius 2 is 1.09 bits per heavy atom. The van der Waals surface area contributed by atoms with Crippen LogP contribution in [0.1, 0.15) is 0 Å². The van der Waals surface area contributed by atoms with Gasteiger partial charge in [0.25, 0.3) is 0 Å². The Hall–Kier alpha value is -2.41. The van der Waals surface area contributed by atoms with E-state index in [4.69, 9.17) is 51.7 Å². The number of carbonyl (C=O) groups is 2. The molecule has 0 radical (unpaired) electrons. The Balaban J connectivity index is -0.000000273. The van der Waals surface area contributed by atoms with Gasteiger partial charge in [-0.15, -0.1) is 0 Å². The van der Waals surface area contributed by atoms with Gasteiger partial charge in [0, 0.05) is 14.1 Å². The molecule has 0 aliphatic rings. The number of nitrogens with one attached hydrogen (secondary N) is 2. The van der Waals surface area contributed by atoms with Crippen LogP contribution < -0.4 is 11.5 Å². The molecule has 0 atom stereocenters. The average molecular weight is 360 g/mol. The predicted octanol–water partition coefficient (Wildman–Crippen LogP) is -3.14. The Kier molecular flexibility index (Phi) is 13.5. The van der Waals surface area contributed by atoms with Crippen molar-refractivity contribution in [1.82, 2.24) is 9.80 Å². The van der Waals surface area contributed by atoms with Crippen LogP contribution in [0.2, 0.25) is 0 Å². The molecule has 0 rings (SSSR count). The van der Waals surface area contributed by atoms with Crippen molar-refractivity contribution >= 4 is 31.7 Å². The number of guanidine groups is 2. The van der Waals surface area contributed by atoms with Gasteiger partial charge in [-0.1, -0.05) is 0 Å². The van der Waals surface area contributed by atoms with E-state index in [1.165, 1.54) is 14.1 Å². The molecule has 0 aliphatic carbocycles. The molecule has 0 unspecified atom stereocenters. The van der Waals surface area contributed by atoms with Crippen LogP contribution in [0.15, 0.2) is 0 Å². The smallest absolute Gasteiger partial charge is 0.466 e. The first-order valence-electron chi connectivity index (χ1n) is 5.40. The molecular formula is C8H21N6O8P. The van der Waals surface area contributed by atoms with Crippen LogP contribution in [-0.2, 0) is 14.2 Å². The summed E-state index contributed by atoms with van der Waals surface area (Å²) in [5.74, 6) is -2.46. The van der Waals surface area contributed by atoms with Gasteiger partial charge in [-0.3, -0.25) is 20.4 Å². The first-order valence-corrected chi connectivity index (χ1v) is 6.96. The monoisotopic (exact) mass is 360 g/mol. The zero-order chi connectivity index (χ0) is 19.4. The maximum absolute atomic E-state index is 9.92. The van der Waals surface area contributed by atoms with E-state index in [-0.39, 0.29) is 25.0 Å². The van der Waals surface area contributed by atoms with Gasteiger partial charge in [-0.05, 0) is 0 Å². The molecule has 0 aromatic heterocycles. The van der Waals surface area contributed by atoms with Gasteiger partial charge in [0.2, 0.25) is 0 Å².